The molecule has 0 spiro atoms. The molecule has 0 fully saturated rings. The van der Waals surface area contributed by atoms with Crippen molar-refractivity contribution in [2.75, 3.05) is 0 Å². The Morgan fingerprint density at radius 1 is 1.33 bits per heavy atom. The van der Waals surface area contributed by atoms with E-state index in [9.17, 15) is 19.3 Å². The van der Waals surface area contributed by atoms with Gasteiger partial charge in [0.2, 0.25) is 5.75 Å². The molecule has 0 bridgehead atoms. The fraction of sp³-hybridized carbons (Fsp3) is 0.0714. The van der Waals surface area contributed by atoms with Gasteiger partial charge < -0.3 is 9.84 Å². The number of carboxylic acids is 1. The van der Waals surface area contributed by atoms with Crippen LogP contribution >= 0.6 is 0 Å². The zero-order valence-electron chi connectivity index (χ0n) is 10.9. The van der Waals surface area contributed by atoms with E-state index in [-0.39, 0.29) is 5.75 Å². The van der Waals surface area contributed by atoms with Crippen LogP contribution in [0.5, 0.6) is 11.5 Å². The average molecular weight is 291 g/mol. The van der Waals surface area contributed by atoms with Crippen LogP contribution in [0, 0.1) is 22.9 Å². The summed E-state index contributed by atoms with van der Waals surface area (Å²) in [5.41, 5.74) is -0.536. The van der Waals surface area contributed by atoms with Crippen molar-refractivity contribution in [3.8, 4) is 11.5 Å². The number of aryl methyl sites for hydroxylation is 1. The second kappa shape index (κ2) is 5.58. The summed E-state index contributed by atoms with van der Waals surface area (Å²) in [6, 6.07) is 7.99. The van der Waals surface area contributed by atoms with E-state index in [1.54, 1.807) is 31.2 Å². The van der Waals surface area contributed by atoms with Crippen LogP contribution < -0.4 is 4.74 Å². The quantitative estimate of drug-likeness (QED) is 0.687. The van der Waals surface area contributed by atoms with Crippen LogP contribution in [-0.2, 0) is 0 Å². The van der Waals surface area contributed by atoms with Gasteiger partial charge in [-0.15, -0.1) is 0 Å². The predicted octanol–water partition coefficient (Wildman–Crippen LogP) is 3.53. The zero-order chi connectivity index (χ0) is 15.6. The van der Waals surface area contributed by atoms with Gasteiger partial charge in [-0.05, 0) is 24.6 Å². The number of ether oxygens (including phenoxy) is 1. The minimum absolute atomic E-state index is 0.292. The lowest BCUT2D eigenvalue weighted by Gasteiger charge is -2.08. The Morgan fingerprint density at radius 2 is 2.05 bits per heavy atom. The van der Waals surface area contributed by atoms with Crippen molar-refractivity contribution in [1.29, 1.82) is 0 Å². The smallest absolute Gasteiger partial charge is 0.338 e. The highest BCUT2D eigenvalue weighted by Crippen LogP contribution is 2.34. The first-order chi connectivity index (χ1) is 9.88. The van der Waals surface area contributed by atoms with Crippen LogP contribution in [0.3, 0.4) is 0 Å². The summed E-state index contributed by atoms with van der Waals surface area (Å²) >= 11 is 0. The predicted molar refractivity (Wildman–Crippen MR) is 71.3 cm³/mol. The number of hydrogen-bond acceptors (Lipinski definition) is 4. The number of carbonyl (C=O) groups is 1. The van der Waals surface area contributed by atoms with E-state index in [0.717, 1.165) is 5.56 Å². The van der Waals surface area contributed by atoms with E-state index in [2.05, 4.69) is 0 Å². The molecule has 108 valence electrons. The number of nitro benzene ring substituents is 1. The van der Waals surface area contributed by atoms with Crippen LogP contribution in [0.25, 0.3) is 0 Å². The lowest BCUT2D eigenvalue weighted by Crippen LogP contribution is -2.03. The fourth-order valence-corrected chi connectivity index (χ4v) is 1.74. The number of aromatic carboxylic acids is 1. The average Bonchev–Trinajstić information content (AvgIpc) is 2.37. The largest absolute Gasteiger partial charge is 0.478 e. The first-order valence-corrected chi connectivity index (χ1v) is 5.84. The summed E-state index contributed by atoms with van der Waals surface area (Å²) in [4.78, 5) is 21.0. The van der Waals surface area contributed by atoms with Crippen molar-refractivity contribution in [3.05, 3.63) is 63.5 Å². The van der Waals surface area contributed by atoms with Gasteiger partial charge >= 0.3 is 11.7 Å². The van der Waals surface area contributed by atoms with Crippen molar-refractivity contribution in [2.45, 2.75) is 6.92 Å². The van der Waals surface area contributed by atoms with E-state index in [1.165, 1.54) is 0 Å². The van der Waals surface area contributed by atoms with Crippen molar-refractivity contribution in [2.24, 2.45) is 0 Å². The van der Waals surface area contributed by atoms with Crippen LogP contribution in [0.15, 0.2) is 36.4 Å². The fourth-order valence-electron chi connectivity index (χ4n) is 1.74. The number of hydrogen-bond donors (Lipinski definition) is 1. The van der Waals surface area contributed by atoms with E-state index in [1.807, 2.05) is 0 Å². The second-order valence-corrected chi connectivity index (χ2v) is 4.28. The maximum Gasteiger partial charge on any atom is 0.338 e. The Labute approximate surface area is 118 Å². The molecule has 2 rings (SSSR count). The highest BCUT2D eigenvalue weighted by atomic mass is 19.1. The molecular formula is C14H10FNO5. The lowest BCUT2D eigenvalue weighted by molar-refractivity contribution is -0.385. The van der Waals surface area contributed by atoms with Crippen molar-refractivity contribution in [3.63, 3.8) is 0 Å². The summed E-state index contributed by atoms with van der Waals surface area (Å²) in [7, 11) is 0. The molecule has 0 aliphatic carbocycles. The third-order valence-electron chi connectivity index (χ3n) is 2.69. The molecule has 0 saturated carbocycles. The van der Waals surface area contributed by atoms with Crippen LogP contribution in [0.2, 0.25) is 0 Å². The molecule has 0 aromatic heterocycles. The SMILES string of the molecule is Cc1cccc(Oc2cc(F)c(C(=O)O)cc2[N+](=O)[O-])c1. The number of rotatable bonds is 4. The molecule has 2 aromatic carbocycles. The van der Waals surface area contributed by atoms with Gasteiger partial charge in [0.25, 0.3) is 0 Å². The molecule has 0 saturated heterocycles. The number of nitro groups is 1. The number of carboxylic acid groups (broad SMARTS) is 1. The van der Waals surface area contributed by atoms with E-state index < -0.39 is 28.0 Å². The summed E-state index contributed by atoms with van der Waals surface area (Å²) in [6.07, 6.45) is 0. The van der Waals surface area contributed by atoms with Crippen LogP contribution in [-0.4, -0.2) is 16.0 Å². The van der Waals surface area contributed by atoms with Crippen molar-refractivity contribution < 1.29 is 24.0 Å². The topological polar surface area (TPSA) is 89.7 Å². The minimum atomic E-state index is -1.59. The molecule has 0 amide bonds. The van der Waals surface area contributed by atoms with Crippen molar-refractivity contribution in [1.82, 2.24) is 0 Å². The van der Waals surface area contributed by atoms with Gasteiger partial charge in [0.1, 0.15) is 17.1 Å². The first-order valence-electron chi connectivity index (χ1n) is 5.84. The molecule has 0 unspecified atom stereocenters. The van der Waals surface area contributed by atoms with E-state index in [0.29, 0.717) is 17.9 Å². The molecule has 6 nitrogen and oxygen atoms in total. The van der Waals surface area contributed by atoms with Gasteiger partial charge in [0.15, 0.2) is 0 Å². The summed E-state index contributed by atoms with van der Waals surface area (Å²) < 4.78 is 18.9. The normalized spacial score (nSPS) is 10.2. The molecule has 0 heterocycles. The lowest BCUT2D eigenvalue weighted by atomic mass is 10.1. The van der Waals surface area contributed by atoms with Gasteiger partial charge in [0.05, 0.1) is 4.92 Å². The molecular weight excluding hydrogens is 281 g/mol. The van der Waals surface area contributed by atoms with Gasteiger partial charge in [-0.1, -0.05) is 12.1 Å². The number of benzene rings is 2. The molecule has 2 aromatic rings. The molecule has 0 radical (unpaired) electrons. The highest BCUT2D eigenvalue weighted by Gasteiger charge is 2.23. The summed E-state index contributed by atoms with van der Waals surface area (Å²) in [5.74, 6) is -2.75. The first kappa shape index (κ1) is 14.4. The maximum absolute atomic E-state index is 13.6. The summed E-state index contributed by atoms with van der Waals surface area (Å²) in [5, 5.41) is 19.8. The Balaban J connectivity index is 2.50. The Hall–Kier alpha value is -2.96. The van der Waals surface area contributed by atoms with Gasteiger partial charge in [-0.3, -0.25) is 10.1 Å². The molecule has 21 heavy (non-hydrogen) atoms. The monoisotopic (exact) mass is 291 g/mol. The van der Waals surface area contributed by atoms with Crippen LogP contribution in [0.4, 0.5) is 10.1 Å². The second-order valence-electron chi connectivity index (χ2n) is 4.28. The molecule has 7 heteroatoms. The highest BCUT2D eigenvalue weighted by molar-refractivity contribution is 5.89. The number of nitrogens with zero attached hydrogens (tertiary/aromatic N) is 1. The van der Waals surface area contributed by atoms with Crippen molar-refractivity contribution >= 4 is 11.7 Å². The maximum atomic E-state index is 13.6. The molecule has 0 aliphatic heterocycles. The molecule has 0 aliphatic rings. The van der Waals surface area contributed by atoms with E-state index in [4.69, 9.17) is 9.84 Å². The minimum Gasteiger partial charge on any atom is -0.478 e. The molecule has 1 N–H and O–H groups in total. The van der Waals surface area contributed by atoms with E-state index >= 15 is 0 Å². The third-order valence-corrected chi connectivity index (χ3v) is 2.69. The molecule has 0 atom stereocenters. The Bertz CT molecular complexity index is 729. The zero-order valence-corrected chi connectivity index (χ0v) is 10.9. The van der Waals surface area contributed by atoms with Gasteiger partial charge in [-0.2, -0.15) is 0 Å². The third kappa shape index (κ3) is 3.14. The van der Waals surface area contributed by atoms with Crippen LogP contribution in [0.1, 0.15) is 15.9 Å². The van der Waals surface area contributed by atoms with Gasteiger partial charge in [-0.25, -0.2) is 9.18 Å². The number of halogens is 1. The standard InChI is InChI=1S/C14H10FNO5/c1-8-3-2-4-9(5-8)21-13-7-11(15)10(14(17)18)6-12(13)16(19)20/h2-7H,1H3,(H,17,18). The van der Waals surface area contributed by atoms with Gasteiger partial charge in [0, 0.05) is 12.1 Å². The summed E-state index contributed by atoms with van der Waals surface area (Å²) in [6.45, 7) is 1.80. The Morgan fingerprint density at radius 3 is 2.62 bits per heavy atom. The Kier molecular flexibility index (Phi) is 3.84.